The van der Waals surface area contributed by atoms with Crippen LogP contribution < -0.4 is 10.2 Å². The molecule has 1 saturated heterocycles. The first-order chi connectivity index (χ1) is 13.0. The van der Waals surface area contributed by atoms with Gasteiger partial charge < -0.3 is 15.1 Å². The number of rotatable bonds is 5. The largest absolute Gasteiger partial charge is 0.350 e. The maximum absolute atomic E-state index is 12.7. The molecule has 140 valence electrons. The molecule has 1 aliphatic heterocycles. The molecule has 1 N–H and O–H groups in total. The fourth-order valence-electron chi connectivity index (χ4n) is 2.91. The molecule has 8 heteroatoms. The summed E-state index contributed by atoms with van der Waals surface area (Å²) in [5, 5.41) is 3.26. The second-order valence-corrected chi connectivity index (χ2v) is 7.17. The molecule has 1 fully saturated rings. The third kappa shape index (κ3) is 4.51. The Labute approximate surface area is 166 Å². The molecule has 27 heavy (non-hydrogen) atoms. The standard InChI is InChI=1S/C19H20BrN5O2/c1-3-17(26)24(2)16-6-4-13(5-7-16)18(27)25-9-8-15(12-25)23-19-21-10-14(20)11-22-19/h3-7,10-11,15H,1,8-9,12H2,2H3,(H,21,22,23)/t15-/m1/s1. The number of hydrogen-bond acceptors (Lipinski definition) is 5. The molecule has 0 aliphatic carbocycles. The highest BCUT2D eigenvalue weighted by molar-refractivity contribution is 9.10. The minimum atomic E-state index is -0.197. The van der Waals surface area contributed by atoms with Gasteiger partial charge in [-0.05, 0) is 52.7 Å². The number of carbonyl (C=O) groups is 2. The second kappa shape index (κ2) is 8.30. The van der Waals surface area contributed by atoms with Gasteiger partial charge in [0.1, 0.15) is 0 Å². The average Bonchev–Trinajstić information content (AvgIpc) is 3.16. The Balaban J connectivity index is 1.60. The van der Waals surface area contributed by atoms with E-state index in [1.807, 2.05) is 4.90 Å². The minimum Gasteiger partial charge on any atom is -0.350 e. The molecule has 0 radical (unpaired) electrons. The van der Waals surface area contributed by atoms with Crippen LogP contribution in [-0.2, 0) is 4.79 Å². The molecule has 3 rings (SSSR count). The molecule has 2 aromatic rings. The molecule has 2 amide bonds. The lowest BCUT2D eigenvalue weighted by Gasteiger charge is -2.19. The number of halogens is 1. The lowest BCUT2D eigenvalue weighted by Crippen LogP contribution is -2.32. The third-order valence-electron chi connectivity index (χ3n) is 4.44. The zero-order chi connectivity index (χ0) is 19.4. The number of anilines is 2. The Hall–Kier alpha value is -2.74. The van der Waals surface area contributed by atoms with Gasteiger partial charge >= 0.3 is 0 Å². The van der Waals surface area contributed by atoms with E-state index in [-0.39, 0.29) is 17.9 Å². The first-order valence-electron chi connectivity index (χ1n) is 8.51. The van der Waals surface area contributed by atoms with E-state index in [1.165, 1.54) is 11.0 Å². The normalized spacial score (nSPS) is 16.1. The minimum absolute atomic E-state index is 0.0275. The van der Waals surface area contributed by atoms with Gasteiger partial charge in [0.05, 0.1) is 4.47 Å². The Morgan fingerprint density at radius 2 is 1.96 bits per heavy atom. The van der Waals surface area contributed by atoms with Gasteiger partial charge in [-0.15, -0.1) is 0 Å². The number of carbonyl (C=O) groups excluding carboxylic acids is 2. The number of benzene rings is 1. The number of hydrogen-bond donors (Lipinski definition) is 1. The van der Waals surface area contributed by atoms with Crippen molar-refractivity contribution in [3.05, 3.63) is 59.4 Å². The monoisotopic (exact) mass is 429 g/mol. The zero-order valence-corrected chi connectivity index (χ0v) is 16.5. The van der Waals surface area contributed by atoms with Crippen molar-refractivity contribution in [2.45, 2.75) is 12.5 Å². The molecular formula is C19H20BrN5O2. The van der Waals surface area contributed by atoms with Crippen LogP contribution in [0.3, 0.4) is 0 Å². The summed E-state index contributed by atoms with van der Waals surface area (Å²) in [5.74, 6) is 0.328. The van der Waals surface area contributed by atoms with Gasteiger partial charge in [0, 0.05) is 49.8 Å². The lowest BCUT2D eigenvalue weighted by molar-refractivity contribution is -0.113. The predicted octanol–water partition coefficient (Wildman–Crippen LogP) is 2.71. The van der Waals surface area contributed by atoms with Crippen molar-refractivity contribution in [2.75, 3.05) is 30.4 Å². The second-order valence-electron chi connectivity index (χ2n) is 6.25. The van der Waals surface area contributed by atoms with Crippen LogP contribution in [0.1, 0.15) is 16.8 Å². The van der Waals surface area contributed by atoms with Crippen LogP contribution >= 0.6 is 15.9 Å². The Morgan fingerprint density at radius 1 is 1.30 bits per heavy atom. The van der Waals surface area contributed by atoms with Gasteiger partial charge in [0.25, 0.3) is 5.91 Å². The lowest BCUT2D eigenvalue weighted by atomic mass is 10.1. The van der Waals surface area contributed by atoms with Crippen molar-refractivity contribution in [3.8, 4) is 0 Å². The van der Waals surface area contributed by atoms with Gasteiger partial charge in [-0.25, -0.2) is 9.97 Å². The number of amides is 2. The summed E-state index contributed by atoms with van der Waals surface area (Å²) in [7, 11) is 1.67. The van der Waals surface area contributed by atoms with Gasteiger partial charge in [-0.3, -0.25) is 9.59 Å². The molecular weight excluding hydrogens is 410 g/mol. The molecule has 7 nitrogen and oxygen atoms in total. The Morgan fingerprint density at radius 3 is 2.59 bits per heavy atom. The Bertz CT molecular complexity index is 838. The van der Waals surface area contributed by atoms with E-state index < -0.39 is 0 Å². The zero-order valence-electron chi connectivity index (χ0n) is 14.9. The van der Waals surface area contributed by atoms with Gasteiger partial charge in [-0.1, -0.05) is 6.58 Å². The SMILES string of the molecule is C=CC(=O)N(C)c1ccc(C(=O)N2CC[C@@H](Nc3ncc(Br)cn3)C2)cc1. The highest BCUT2D eigenvalue weighted by Crippen LogP contribution is 2.19. The van der Waals surface area contributed by atoms with Crippen LogP contribution in [0.25, 0.3) is 0 Å². The van der Waals surface area contributed by atoms with Crippen molar-refractivity contribution in [3.63, 3.8) is 0 Å². The quantitative estimate of drug-likeness (QED) is 0.739. The fraction of sp³-hybridized carbons (Fsp3) is 0.263. The summed E-state index contributed by atoms with van der Waals surface area (Å²) >= 11 is 3.31. The smallest absolute Gasteiger partial charge is 0.253 e. The van der Waals surface area contributed by atoms with Crippen molar-refractivity contribution in [2.24, 2.45) is 0 Å². The molecule has 1 aromatic carbocycles. The van der Waals surface area contributed by atoms with E-state index >= 15 is 0 Å². The maximum Gasteiger partial charge on any atom is 0.253 e. The highest BCUT2D eigenvalue weighted by Gasteiger charge is 2.27. The van der Waals surface area contributed by atoms with Gasteiger partial charge in [0.15, 0.2) is 0 Å². The van der Waals surface area contributed by atoms with E-state index in [4.69, 9.17) is 0 Å². The first kappa shape index (κ1) is 19.0. The number of nitrogens with zero attached hydrogens (tertiary/aromatic N) is 4. The summed E-state index contributed by atoms with van der Waals surface area (Å²) in [6.45, 7) is 4.74. The number of likely N-dealkylation sites (N-methyl/N-ethyl adjacent to an activating group) is 1. The van der Waals surface area contributed by atoms with E-state index in [9.17, 15) is 9.59 Å². The van der Waals surface area contributed by atoms with Crippen LogP contribution in [0.15, 0.2) is 53.8 Å². The van der Waals surface area contributed by atoms with Crippen LogP contribution in [0.2, 0.25) is 0 Å². The molecule has 1 aliphatic rings. The van der Waals surface area contributed by atoms with Crippen molar-refractivity contribution in [1.29, 1.82) is 0 Å². The summed E-state index contributed by atoms with van der Waals surface area (Å²) in [5.41, 5.74) is 1.31. The summed E-state index contributed by atoms with van der Waals surface area (Å²) < 4.78 is 0.820. The summed E-state index contributed by atoms with van der Waals surface area (Å²) in [6.07, 6.45) is 5.46. The molecule has 1 atom stereocenters. The topological polar surface area (TPSA) is 78.4 Å². The van der Waals surface area contributed by atoms with Crippen molar-refractivity contribution >= 4 is 39.4 Å². The first-order valence-corrected chi connectivity index (χ1v) is 9.31. The van der Waals surface area contributed by atoms with E-state index in [0.717, 1.165) is 10.9 Å². The molecule has 0 spiro atoms. The molecule has 1 aromatic heterocycles. The Kier molecular flexibility index (Phi) is 5.85. The van der Waals surface area contributed by atoms with Crippen LogP contribution in [-0.4, -0.2) is 52.9 Å². The van der Waals surface area contributed by atoms with E-state index in [0.29, 0.717) is 30.3 Å². The molecule has 2 heterocycles. The average molecular weight is 430 g/mol. The number of aromatic nitrogens is 2. The van der Waals surface area contributed by atoms with Crippen LogP contribution in [0, 0.1) is 0 Å². The van der Waals surface area contributed by atoms with Crippen molar-refractivity contribution < 1.29 is 9.59 Å². The third-order valence-corrected chi connectivity index (χ3v) is 4.85. The number of likely N-dealkylation sites (tertiary alicyclic amines) is 1. The summed E-state index contributed by atoms with van der Waals surface area (Å²) in [4.78, 5) is 36.1. The van der Waals surface area contributed by atoms with Crippen molar-refractivity contribution in [1.82, 2.24) is 14.9 Å². The van der Waals surface area contributed by atoms with Crippen LogP contribution in [0.4, 0.5) is 11.6 Å². The van der Waals surface area contributed by atoms with Crippen LogP contribution in [0.5, 0.6) is 0 Å². The molecule has 0 unspecified atom stereocenters. The van der Waals surface area contributed by atoms with E-state index in [1.54, 1.807) is 43.7 Å². The van der Waals surface area contributed by atoms with Gasteiger partial charge in [0.2, 0.25) is 11.9 Å². The van der Waals surface area contributed by atoms with Gasteiger partial charge in [-0.2, -0.15) is 0 Å². The summed E-state index contributed by atoms with van der Waals surface area (Å²) in [6, 6.07) is 7.11. The highest BCUT2D eigenvalue weighted by atomic mass is 79.9. The molecule has 0 bridgehead atoms. The fourth-order valence-corrected chi connectivity index (χ4v) is 3.11. The molecule has 0 saturated carbocycles. The number of nitrogens with one attached hydrogen (secondary N) is 1. The maximum atomic E-state index is 12.7. The van der Waals surface area contributed by atoms with E-state index in [2.05, 4.69) is 37.8 Å². The predicted molar refractivity (Wildman–Crippen MR) is 108 cm³/mol.